The maximum Gasteiger partial charge on any atom is 0.250 e. The van der Waals surface area contributed by atoms with Crippen molar-refractivity contribution in [2.45, 2.75) is 51.4 Å². The highest BCUT2D eigenvalue weighted by molar-refractivity contribution is 6.74. The summed E-state index contributed by atoms with van der Waals surface area (Å²) in [6.07, 6.45) is 0.856. The third-order valence-corrected chi connectivity index (χ3v) is 9.79. The van der Waals surface area contributed by atoms with E-state index >= 15 is 0 Å². The van der Waals surface area contributed by atoms with Crippen molar-refractivity contribution >= 4 is 14.2 Å². The second kappa shape index (κ2) is 6.34. The van der Waals surface area contributed by atoms with E-state index < -0.39 is 8.32 Å². The quantitative estimate of drug-likeness (QED) is 0.784. The topological polar surface area (TPSA) is 47.6 Å². The van der Waals surface area contributed by atoms with Gasteiger partial charge < -0.3 is 10.2 Å². The van der Waals surface area contributed by atoms with Gasteiger partial charge in [-0.1, -0.05) is 63.2 Å². The number of aliphatic imine (C=N–C) groups is 1. The number of hydrogen-bond donors (Lipinski definition) is 1. The van der Waals surface area contributed by atoms with Crippen molar-refractivity contribution in [2.75, 3.05) is 0 Å². The van der Waals surface area contributed by atoms with E-state index in [0.717, 1.165) is 23.3 Å². The Hall–Kier alpha value is -2.07. The van der Waals surface area contributed by atoms with E-state index in [4.69, 9.17) is 15.2 Å². The van der Waals surface area contributed by atoms with Gasteiger partial charge in [-0.25, -0.2) is 0 Å². The number of rotatable bonds is 3. The Balaban J connectivity index is 1.97. The van der Waals surface area contributed by atoms with Crippen molar-refractivity contribution < 1.29 is 4.43 Å². The van der Waals surface area contributed by atoms with Crippen LogP contribution in [0.5, 0.6) is 5.75 Å². The average molecular weight is 353 g/mol. The summed E-state index contributed by atoms with van der Waals surface area (Å²) in [5.74, 6) is 1.57. The van der Waals surface area contributed by atoms with Crippen LogP contribution in [0.2, 0.25) is 18.1 Å². The van der Waals surface area contributed by atoms with Crippen LogP contribution in [0.4, 0.5) is 0 Å². The summed E-state index contributed by atoms with van der Waals surface area (Å²) < 4.78 is 6.60. The molecule has 0 aliphatic carbocycles. The monoisotopic (exact) mass is 352 g/mol. The minimum atomic E-state index is -1.91. The van der Waals surface area contributed by atoms with E-state index in [1.807, 2.05) is 18.2 Å². The summed E-state index contributed by atoms with van der Waals surface area (Å²) in [5, 5.41) is 0.154. The molecule has 2 aromatic carbocycles. The van der Waals surface area contributed by atoms with Crippen molar-refractivity contribution in [3.8, 4) is 5.75 Å². The first-order chi connectivity index (χ1) is 11.7. The van der Waals surface area contributed by atoms with Gasteiger partial charge in [0.05, 0.1) is 6.04 Å². The molecule has 1 atom stereocenters. The molecule has 1 unspecified atom stereocenters. The van der Waals surface area contributed by atoms with Crippen LogP contribution in [0.15, 0.2) is 53.5 Å². The van der Waals surface area contributed by atoms with Crippen LogP contribution >= 0.6 is 0 Å². The minimum absolute atomic E-state index is 0.0101. The maximum absolute atomic E-state index is 6.60. The highest BCUT2D eigenvalue weighted by Gasteiger charge is 2.39. The van der Waals surface area contributed by atoms with Crippen LogP contribution in [0.25, 0.3) is 0 Å². The SMILES string of the molecule is CC(C)(C)[Si](C)(C)Oc1ccccc1C1Cc2ccccc2C(N)=N1. The Labute approximate surface area is 152 Å². The van der Waals surface area contributed by atoms with Gasteiger partial charge in [0.2, 0.25) is 8.32 Å². The smallest absolute Gasteiger partial charge is 0.250 e. The molecule has 2 N–H and O–H groups in total. The van der Waals surface area contributed by atoms with E-state index in [2.05, 4.69) is 64.2 Å². The van der Waals surface area contributed by atoms with Crippen LogP contribution in [-0.2, 0) is 6.42 Å². The first kappa shape index (κ1) is 17.7. The van der Waals surface area contributed by atoms with Crippen molar-refractivity contribution in [1.82, 2.24) is 0 Å². The average Bonchev–Trinajstić information content (AvgIpc) is 2.54. The van der Waals surface area contributed by atoms with Crippen molar-refractivity contribution in [1.29, 1.82) is 0 Å². The highest BCUT2D eigenvalue weighted by atomic mass is 28.4. The lowest BCUT2D eigenvalue weighted by Crippen LogP contribution is -2.44. The van der Waals surface area contributed by atoms with E-state index in [-0.39, 0.29) is 11.1 Å². The molecule has 132 valence electrons. The van der Waals surface area contributed by atoms with Crippen LogP contribution in [0, 0.1) is 0 Å². The number of fused-ring (bicyclic) bond motifs is 1. The number of hydrogen-bond acceptors (Lipinski definition) is 3. The molecule has 0 aromatic heterocycles. The van der Waals surface area contributed by atoms with Gasteiger partial charge in [0.15, 0.2) is 0 Å². The van der Waals surface area contributed by atoms with Gasteiger partial charge in [-0.15, -0.1) is 0 Å². The lowest BCUT2D eigenvalue weighted by molar-refractivity contribution is 0.481. The Morgan fingerprint density at radius 1 is 1.04 bits per heavy atom. The first-order valence-corrected chi connectivity index (χ1v) is 11.8. The van der Waals surface area contributed by atoms with Gasteiger partial charge in [0, 0.05) is 11.1 Å². The van der Waals surface area contributed by atoms with Gasteiger partial charge in [-0.05, 0) is 36.2 Å². The molecule has 1 aliphatic rings. The number of nitrogens with two attached hydrogens (primary N) is 1. The van der Waals surface area contributed by atoms with Crippen LogP contribution in [0.1, 0.15) is 43.5 Å². The third-order valence-electron chi connectivity index (χ3n) is 5.45. The van der Waals surface area contributed by atoms with Gasteiger partial charge in [0.1, 0.15) is 11.6 Å². The molecule has 0 bridgehead atoms. The summed E-state index contributed by atoms with van der Waals surface area (Å²) in [4.78, 5) is 4.78. The van der Waals surface area contributed by atoms with Gasteiger partial charge in [-0.3, -0.25) is 4.99 Å². The Bertz CT molecular complexity index is 806. The lowest BCUT2D eigenvalue weighted by atomic mass is 9.92. The summed E-state index contributed by atoms with van der Waals surface area (Å²) in [7, 11) is -1.91. The molecule has 0 saturated carbocycles. The molecule has 0 radical (unpaired) electrons. The van der Waals surface area contributed by atoms with E-state index in [9.17, 15) is 0 Å². The molecule has 25 heavy (non-hydrogen) atoms. The second-order valence-electron chi connectivity index (χ2n) is 8.29. The fraction of sp³-hybridized carbons (Fsp3) is 0.381. The molecule has 3 nitrogen and oxygen atoms in total. The molecule has 1 heterocycles. The zero-order chi connectivity index (χ0) is 18.2. The molecule has 2 aromatic rings. The van der Waals surface area contributed by atoms with Crippen LogP contribution in [-0.4, -0.2) is 14.2 Å². The fourth-order valence-corrected chi connectivity index (χ4v) is 3.94. The Kier molecular flexibility index (Phi) is 4.50. The minimum Gasteiger partial charge on any atom is -0.543 e. The first-order valence-electron chi connectivity index (χ1n) is 8.88. The van der Waals surface area contributed by atoms with Gasteiger partial charge in [0.25, 0.3) is 0 Å². The summed E-state index contributed by atoms with van der Waals surface area (Å²) in [5.41, 5.74) is 9.68. The predicted molar refractivity (Wildman–Crippen MR) is 108 cm³/mol. The summed E-state index contributed by atoms with van der Waals surface area (Å²) >= 11 is 0. The lowest BCUT2D eigenvalue weighted by Gasteiger charge is -2.37. The van der Waals surface area contributed by atoms with Crippen LogP contribution < -0.4 is 10.2 Å². The van der Waals surface area contributed by atoms with E-state index in [1.54, 1.807) is 0 Å². The molecule has 4 heteroatoms. The molecule has 3 rings (SSSR count). The fourth-order valence-electron chi connectivity index (χ4n) is 2.90. The zero-order valence-electron chi connectivity index (χ0n) is 15.8. The van der Waals surface area contributed by atoms with E-state index in [0.29, 0.717) is 5.84 Å². The normalized spacial score (nSPS) is 17.6. The summed E-state index contributed by atoms with van der Waals surface area (Å²) in [6, 6.07) is 16.6. The van der Waals surface area contributed by atoms with E-state index in [1.165, 1.54) is 5.56 Å². The molecule has 0 fully saturated rings. The molecule has 1 aliphatic heterocycles. The number of benzene rings is 2. The van der Waals surface area contributed by atoms with Crippen molar-refractivity contribution in [2.24, 2.45) is 10.7 Å². The van der Waals surface area contributed by atoms with Crippen molar-refractivity contribution in [3.63, 3.8) is 0 Å². The number of para-hydroxylation sites is 1. The van der Waals surface area contributed by atoms with Crippen molar-refractivity contribution in [3.05, 3.63) is 65.2 Å². The van der Waals surface area contributed by atoms with Crippen LogP contribution in [0.3, 0.4) is 0 Å². The highest BCUT2D eigenvalue weighted by Crippen LogP contribution is 2.40. The maximum atomic E-state index is 6.60. The summed E-state index contributed by atoms with van der Waals surface area (Å²) in [6.45, 7) is 11.3. The Morgan fingerprint density at radius 2 is 1.68 bits per heavy atom. The zero-order valence-corrected chi connectivity index (χ0v) is 16.8. The molecular formula is C21H28N2OSi. The predicted octanol–water partition coefficient (Wildman–Crippen LogP) is 5.07. The standard InChI is InChI=1S/C21H28N2OSi/c1-21(2,3)25(4,5)24-19-13-9-8-12-17(19)18-14-15-10-6-7-11-16(15)20(22)23-18/h6-13,18H,14H2,1-5H3,(H2,22,23). The molecule has 0 spiro atoms. The van der Waals surface area contributed by atoms with Gasteiger partial charge >= 0.3 is 0 Å². The third kappa shape index (κ3) is 3.49. The largest absolute Gasteiger partial charge is 0.543 e. The van der Waals surface area contributed by atoms with Gasteiger partial charge in [-0.2, -0.15) is 0 Å². The second-order valence-corrected chi connectivity index (χ2v) is 13.0. The molecule has 0 saturated heterocycles. The number of amidine groups is 1. The Morgan fingerprint density at radius 3 is 2.40 bits per heavy atom. The number of nitrogens with zero attached hydrogens (tertiary/aromatic N) is 1. The molecular weight excluding hydrogens is 324 g/mol. The molecule has 0 amide bonds.